The Hall–Kier alpha value is -0.130. The van der Waals surface area contributed by atoms with E-state index in [1.54, 1.807) is 0 Å². The third-order valence-electron chi connectivity index (χ3n) is 3.04. The van der Waals surface area contributed by atoms with Gasteiger partial charge in [0.1, 0.15) is 0 Å². The zero-order valence-corrected chi connectivity index (χ0v) is 12.6. The van der Waals surface area contributed by atoms with E-state index in [-0.39, 0.29) is 18.4 Å². The van der Waals surface area contributed by atoms with Crippen molar-refractivity contribution in [3.63, 3.8) is 0 Å². The molecule has 0 spiro atoms. The lowest BCUT2D eigenvalue weighted by molar-refractivity contribution is 0.232. The van der Waals surface area contributed by atoms with Gasteiger partial charge in [0.25, 0.3) is 0 Å². The molecule has 1 aliphatic carbocycles. The summed E-state index contributed by atoms with van der Waals surface area (Å²) in [5.74, 6) is 0.857. The van der Waals surface area contributed by atoms with Gasteiger partial charge in [0.15, 0.2) is 0 Å². The molecule has 1 fully saturated rings. The molecule has 0 unspecified atom stereocenters. The number of carbonyl (C=O) groups is 1. The smallest absolute Gasteiger partial charge is 0.315 e. The normalized spacial score (nSPS) is 15.8. The Labute approximate surface area is 122 Å². The van der Waals surface area contributed by atoms with E-state index in [9.17, 15) is 4.79 Å². The van der Waals surface area contributed by atoms with Crippen molar-refractivity contribution in [3.8, 4) is 0 Å². The van der Waals surface area contributed by atoms with E-state index in [1.807, 2.05) is 0 Å². The van der Waals surface area contributed by atoms with Crippen molar-refractivity contribution in [2.24, 2.45) is 0 Å². The average molecular weight is 296 g/mol. The van der Waals surface area contributed by atoms with Crippen LogP contribution in [0.15, 0.2) is 0 Å². The van der Waals surface area contributed by atoms with E-state index in [4.69, 9.17) is 0 Å². The quantitative estimate of drug-likeness (QED) is 0.429. The van der Waals surface area contributed by atoms with Crippen molar-refractivity contribution in [1.82, 2.24) is 16.0 Å². The summed E-state index contributed by atoms with van der Waals surface area (Å²) in [4.78, 5) is 11.5. The topological polar surface area (TPSA) is 53.2 Å². The lowest BCUT2D eigenvalue weighted by Crippen LogP contribution is -2.43. The van der Waals surface area contributed by atoms with Crippen LogP contribution in [0.2, 0.25) is 0 Å². The van der Waals surface area contributed by atoms with E-state index in [2.05, 4.69) is 28.6 Å². The first-order valence-corrected chi connectivity index (χ1v) is 7.32. The molecule has 0 aromatic heterocycles. The number of rotatable bonds is 7. The van der Waals surface area contributed by atoms with Crippen molar-refractivity contribution < 1.29 is 4.79 Å². The molecule has 4 nitrogen and oxygen atoms in total. The Morgan fingerprint density at radius 1 is 1.11 bits per heavy atom. The van der Waals surface area contributed by atoms with Crippen molar-refractivity contribution >= 4 is 31.1 Å². The van der Waals surface area contributed by atoms with Gasteiger partial charge in [-0.1, -0.05) is 19.3 Å². The van der Waals surface area contributed by atoms with Crippen molar-refractivity contribution in [3.05, 3.63) is 0 Å². The van der Waals surface area contributed by atoms with Crippen LogP contribution in [0.4, 0.5) is 4.79 Å². The number of halogens is 1. The van der Waals surface area contributed by atoms with Crippen LogP contribution in [0.1, 0.15) is 38.5 Å². The Balaban J connectivity index is 0.00000289. The Kier molecular flexibility index (Phi) is 11.8. The molecule has 108 valence electrons. The maximum absolute atomic E-state index is 11.5. The van der Waals surface area contributed by atoms with Crippen LogP contribution < -0.4 is 16.0 Å². The number of urea groups is 1. The first-order chi connectivity index (χ1) is 8.33. The predicted molar refractivity (Wildman–Crippen MR) is 82.0 cm³/mol. The number of hydrogen-bond acceptors (Lipinski definition) is 3. The van der Waals surface area contributed by atoms with Crippen molar-refractivity contribution in [2.75, 3.05) is 25.4 Å². The maximum Gasteiger partial charge on any atom is 0.315 e. The molecule has 0 aliphatic heterocycles. The van der Waals surface area contributed by atoms with Gasteiger partial charge < -0.3 is 16.0 Å². The fraction of sp³-hybridized carbons (Fsp3) is 0.917. The summed E-state index contributed by atoms with van der Waals surface area (Å²) in [7, 11) is 0. The van der Waals surface area contributed by atoms with E-state index < -0.39 is 0 Å². The van der Waals surface area contributed by atoms with E-state index in [0.29, 0.717) is 6.04 Å². The second kappa shape index (κ2) is 11.9. The highest BCUT2D eigenvalue weighted by Crippen LogP contribution is 2.16. The van der Waals surface area contributed by atoms with Crippen LogP contribution in [-0.2, 0) is 0 Å². The summed E-state index contributed by atoms with van der Waals surface area (Å²) in [6.07, 6.45) is 7.05. The largest absolute Gasteiger partial charge is 0.338 e. The number of hydrogen-bond donors (Lipinski definition) is 4. The highest BCUT2D eigenvalue weighted by Gasteiger charge is 2.14. The summed E-state index contributed by atoms with van der Waals surface area (Å²) >= 11 is 4.11. The molecule has 3 N–H and O–H groups in total. The minimum Gasteiger partial charge on any atom is -0.338 e. The van der Waals surface area contributed by atoms with Gasteiger partial charge in [0, 0.05) is 24.9 Å². The van der Waals surface area contributed by atoms with Crippen LogP contribution in [0.3, 0.4) is 0 Å². The fourth-order valence-corrected chi connectivity index (χ4v) is 2.26. The van der Waals surface area contributed by atoms with Gasteiger partial charge in [-0.25, -0.2) is 4.79 Å². The first kappa shape index (κ1) is 17.9. The second-order valence-electron chi connectivity index (χ2n) is 4.56. The Morgan fingerprint density at radius 3 is 2.50 bits per heavy atom. The molecule has 0 radical (unpaired) electrons. The molecule has 0 heterocycles. The molecule has 0 aromatic rings. The lowest BCUT2D eigenvalue weighted by atomic mass is 9.96. The van der Waals surface area contributed by atoms with E-state index >= 15 is 0 Å². The SMILES string of the molecule is Cl.O=C(NCCCNCCS)NC1CCCCC1. The molecule has 0 bridgehead atoms. The average Bonchev–Trinajstić information content (AvgIpc) is 2.35. The molecule has 6 heteroatoms. The van der Waals surface area contributed by atoms with Crippen molar-refractivity contribution in [1.29, 1.82) is 0 Å². The third-order valence-corrected chi connectivity index (χ3v) is 3.27. The van der Waals surface area contributed by atoms with Gasteiger partial charge >= 0.3 is 6.03 Å². The van der Waals surface area contributed by atoms with Gasteiger partial charge in [0.05, 0.1) is 0 Å². The number of nitrogens with one attached hydrogen (secondary N) is 3. The van der Waals surface area contributed by atoms with E-state index in [1.165, 1.54) is 19.3 Å². The zero-order valence-electron chi connectivity index (χ0n) is 10.9. The van der Waals surface area contributed by atoms with Crippen LogP contribution in [0, 0.1) is 0 Å². The van der Waals surface area contributed by atoms with Gasteiger partial charge in [-0.3, -0.25) is 0 Å². The van der Waals surface area contributed by atoms with Crippen LogP contribution in [-0.4, -0.2) is 37.5 Å². The molecule has 1 rings (SSSR count). The molecule has 0 aromatic carbocycles. The standard InChI is InChI=1S/C12H25N3OS.ClH/c16-12(14-8-4-7-13-9-10-17)15-11-5-2-1-3-6-11;/h11,13,17H,1-10H2,(H2,14,15,16);1H. The molecule has 2 amide bonds. The summed E-state index contributed by atoms with van der Waals surface area (Å²) in [6.45, 7) is 2.60. The summed E-state index contributed by atoms with van der Waals surface area (Å²) in [5.41, 5.74) is 0. The molecule has 1 aliphatic rings. The van der Waals surface area contributed by atoms with Crippen LogP contribution >= 0.6 is 25.0 Å². The number of amides is 2. The molecular formula is C12H26ClN3OS. The maximum atomic E-state index is 11.5. The van der Waals surface area contributed by atoms with Crippen LogP contribution in [0.25, 0.3) is 0 Å². The molecular weight excluding hydrogens is 270 g/mol. The van der Waals surface area contributed by atoms with Gasteiger partial charge in [-0.05, 0) is 25.8 Å². The third kappa shape index (κ3) is 8.89. The minimum atomic E-state index is -0.00825. The van der Waals surface area contributed by atoms with Gasteiger partial charge in [0.2, 0.25) is 0 Å². The molecule has 0 atom stereocenters. The molecule has 1 saturated carbocycles. The summed E-state index contributed by atoms with van der Waals surface area (Å²) in [5, 5.41) is 9.18. The minimum absolute atomic E-state index is 0. The molecule has 18 heavy (non-hydrogen) atoms. The number of carbonyl (C=O) groups excluding carboxylic acids is 1. The highest BCUT2D eigenvalue weighted by atomic mass is 35.5. The fourth-order valence-electron chi connectivity index (χ4n) is 2.10. The predicted octanol–water partition coefficient (Wildman–Crippen LogP) is 1.95. The summed E-state index contributed by atoms with van der Waals surface area (Å²) in [6, 6.07) is 0.386. The number of thiol groups is 1. The lowest BCUT2D eigenvalue weighted by Gasteiger charge is -2.22. The van der Waals surface area contributed by atoms with Gasteiger partial charge in [-0.2, -0.15) is 12.6 Å². The van der Waals surface area contributed by atoms with Crippen LogP contribution in [0.5, 0.6) is 0 Å². The Bertz CT molecular complexity index is 213. The van der Waals surface area contributed by atoms with Crippen molar-refractivity contribution in [2.45, 2.75) is 44.6 Å². The summed E-state index contributed by atoms with van der Waals surface area (Å²) < 4.78 is 0. The highest BCUT2D eigenvalue weighted by molar-refractivity contribution is 7.80. The zero-order chi connectivity index (χ0) is 12.3. The Morgan fingerprint density at radius 2 is 1.83 bits per heavy atom. The van der Waals surface area contributed by atoms with E-state index in [0.717, 1.165) is 44.6 Å². The molecule has 0 saturated heterocycles. The monoisotopic (exact) mass is 295 g/mol. The second-order valence-corrected chi connectivity index (χ2v) is 5.01. The first-order valence-electron chi connectivity index (χ1n) is 6.69. The van der Waals surface area contributed by atoms with Gasteiger partial charge in [-0.15, -0.1) is 12.4 Å².